The zero-order chi connectivity index (χ0) is 30.9. The molecule has 48 heavy (non-hydrogen) atoms. The zero-order valence-corrected chi connectivity index (χ0v) is 33.5. The topological polar surface area (TPSA) is 34.1 Å². The fourth-order valence-corrected chi connectivity index (χ4v) is 28.9. The summed E-state index contributed by atoms with van der Waals surface area (Å²) in [5.74, 6) is 10.9. The molecule has 16 bridgehead atoms. The summed E-state index contributed by atoms with van der Waals surface area (Å²) in [6.45, 7) is -0.279. The number of halogens is 1. The van der Waals surface area contributed by atoms with E-state index in [4.69, 9.17) is 11.2 Å². The molecule has 0 atom stereocenters. The molecule has 0 amide bonds. The smallest absolute Gasteiger partial charge is 0.358 e. The van der Waals surface area contributed by atoms with Crippen molar-refractivity contribution in [1.29, 1.82) is 0 Å². The third-order valence-electron chi connectivity index (χ3n) is 19.1. The van der Waals surface area contributed by atoms with E-state index >= 15 is 0 Å². The Balaban J connectivity index is 0.000000125. The van der Waals surface area contributed by atoms with E-state index in [-0.39, 0.29) is 36.6 Å². The maximum atomic E-state index is 14.7. The summed E-state index contributed by atoms with van der Waals surface area (Å²) in [5.41, 5.74) is 0. The van der Waals surface area contributed by atoms with Gasteiger partial charge in [-0.15, -0.1) is 0 Å². The molecule has 6 heteroatoms. The Morgan fingerprint density at radius 1 is 0.375 bits per heavy atom. The van der Waals surface area contributed by atoms with Crippen LogP contribution in [0.4, 0.5) is 0 Å². The van der Waals surface area contributed by atoms with Crippen molar-refractivity contribution in [3.63, 3.8) is 0 Å². The van der Waals surface area contributed by atoms with Gasteiger partial charge in [-0.1, -0.05) is 11.2 Å². The van der Waals surface area contributed by atoms with Gasteiger partial charge in [0.25, 0.3) is 0 Å². The molecule has 0 spiro atoms. The molecule has 0 aromatic rings. The Morgan fingerprint density at radius 2 is 0.521 bits per heavy atom. The summed E-state index contributed by atoms with van der Waals surface area (Å²) in [6, 6.07) is 0. The Bertz CT molecular complexity index is 1060. The van der Waals surface area contributed by atoms with Crippen LogP contribution < -0.4 is 18.9 Å². The molecule has 0 aromatic heterocycles. The summed E-state index contributed by atoms with van der Waals surface area (Å²) < 4.78 is 29.2. The van der Waals surface area contributed by atoms with Crippen LogP contribution in [0.3, 0.4) is 0 Å². The van der Waals surface area contributed by atoms with Crippen molar-refractivity contribution in [2.45, 2.75) is 175 Å². The molecule has 16 aliphatic rings. The molecule has 0 heterocycles. The van der Waals surface area contributed by atoms with E-state index in [0.717, 1.165) is 71.0 Å². The van der Waals surface area contributed by atoms with E-state index in [9.17, 15) is 9.13 Å². The molecule has 0 aliphatic heterocycles. The van der Waals surface area contributed by atoms with Crippen molar-refractivity contribution in [3.8, 4) is 0 Å². The Hall–Kier alpha value is 1.35. The van der Waals surface area contributed by atoms with Crippen LogP contribution in [0, 0.1) is 78.4 Å². The van der Waals surface area contributed by atoms with E-state index in [0.29, 0.717) is 10.3 Å². The first-order valence-electron chi connectivity index (χ1n) is 20.8. The van der Waals surface area contributed by atoms with Gasteiger partial charge < -0.3 is 16.6 Å². The van der Waals surface area contributed by atoms with E-state index in [1.165, 1.54) is 154 Å². The fraction of sp³-hybridized carbons (Fsp3) is 0.976. The van der Waals surface area contributed by atoms with Crippen molar-refractivity contribution < 1.29 is 28.0 Å². The third kappa shape index (κ3) is 4.81. The molecule has 16 aliphatic carbocycles. The minimum atomic E-state index is -2.62. The number of rotatable bonds is 4. The molecule has 0 N–H and O–H groups in total. The Kier molecular flexibility index (Phi) is 8.36. The summed E-state index contributed by atoms with van der Waals surface area (Å²) in [5, 5.41) is 0.727. The van der Waals surface area contributed by atoms with Gasteiger partial charge in [0.15, 0.2) is 6.49 Å². The molecule has 0 radical (unpaired) electrons. The van der Waals surface area contributed by atoms with Crippen molar-refractivity contribution in [2.24, 2.45) is 71.0 Å². The van der Waals surface area contributed by atoms with Crippen LogP contribution in [0.1, 0.15) is 154 Å². The minimum absolute atomic E-state index is 0. The SMILES string of the molecule is CP(=O)(C12CC3CC(CC(C3)C1)C2)C12CC3CC(CC(C3)C1)C2.O=P(Cl)(C12CC3CC(CC(C3)C1)C2)C12CC3CC(CC(C3)C1)C2.[CH3-].[Li+]. The van der Waals surface area contributed by atoms with Crippen molar-refractivity contribution in [1.82, 2.24) is 0 Å². The fourth-order valence-electron chi connectivity index (χ4n) is 19.0. The van der Waals surface area contributed by atoms with Crippen LogP contribution in [0.2, 0.25) is 0 Å². The minimum Gasteiger partial charge on any atom is -0.358 e. The summed E-state index contributed by atoms with van der Waals surface area (Å²) in [6.07, 6.45) is 33.0. The van der Waals surface area contributed by atoms with E-state index in [1.54, 1.807) is 0 Å². The monoisotopic (exact) mass is 706 g/mol. The normalized spacial score (nSPS) is 59.2. The van der Waals surface area contributed by atoms with E-state index in [2.05, 4.69) is 6.66 Å². The van der Waals surface area contributed by atoms with Gasteiger partial charge in [-0.3, -0.25) is 0 Å². The average molecular weight is 707 g/mol. The van der Waals surface area contributed by atoms with Gasteiger partial charge in [0.2, 0.25) is 0 Å². The predicted molar refractivity (Wildman–Crippen MR) is 197 cm³/mol. The molecule has 16 fully saturated rings. The molecular formula is C42H66ClLiO2P2. The Labute approximate surface area is 311 Å². The van der Waals surface area contributed by atoms with Crippen LogP contribution >= 0.6 is 24.9 Å². The van der Waals surface area contributed by atoms with Gasteiger partial charge in [0.05, 0.1) is 7.14 Å². The number of hydrogen-bond acceptors (Lipinski definition) is 2. The summed E-state index contributed by atoms with van der Waals surface area (Å²) in [4.78, 5) is 0. The van der Waals surface area contributed by atoms with Gasteiger partial charge in [0.1, 0.15) is 0 Å². The maximum absolute atomic E-state index is 14.7. The van der Waals surface area contributed by atoms with Crippen LogP contribution in [-0.2, 0) is 9.13 Å². The van der Waals surface area contributed by atoms with Gasteiger partial charge in [0, 0.05) is 20.6 Å². The zero-order valence-electron chi connectivity index (χ0n) is 31.0. The standard InChI is InChI=1S/C21H33OP.C20H30ClOP.CH3.Li/c1-23(22,20-8-14-2-15(9-20)4-16(3-14)10-20)21-11-17-5-18(12-21)7-19(6-17)13-21;21-23(22,19-7-13-1-14(8-19)3-15(2-13)9-19)20-10-16-4-17(11-20)6-18(5-16)12-20;;/h14-19H,2-13H2,1H3;13-18H,1-12H2;1H3;/q;;-1;+1. The molecule has 0 saturated heterocycles. The molecule has 16 saturated carbocycles. The quantitative estimate of drug-likeness (QED) is 0.166. The molecule has 2 nitrogen and oxygen atoms in total. The van der Waals surface area contributed by atoms with E-state index < -0.39 is 13.6 Å². The van der Waals surface area contributed by atoms with Crippen LogP contribution in [0.5, 0.6) is 0 Å². The maximum Gasteiger partial charge on any atom is 1.00 e. The average Bonchev–Trinajstić information content (AvgIpc) is 2.95. The second kappa shape index (κ2) is 11.4. The first-order valence-corrected chi connectivity index (χ1v) is 25.6. The van der Waals surface area contributed by atoms with Crippen LogP contribution in [0.15, 0.2) is 0 Å². The Morgan fingerprint density at radius 3 is 0.688 bits per heavy atom. The second-order valence-corrected chi connectivity index (χ2v) is 30.2. The molecular weight excluding hydrogens is 641 g/mol. The van der Waals surface area contributed by atoms with Gasteiger partial charge >= 0.3 is 18.9 Å². The largest absolute Gasteiger partial charge is 1.00 e. The van der Waals surface area contributed by atoms with Crippen LogP contribution in [0.25, 0.3) is 0 Å². The summed E-state index contributed by atoms with van der Waals surface area (Å²) >= 11 is 7.33. The van der Waals surface area contributed by atoms with Crippen molar-refractivity contribution >= 4 is 24.9 Å². The predicted octanol–water partition coefficient (Wildman–Crippen LogP) is 9.81. The molecule has 0 aromatic carbocycles. The first kappa shape index (κ1) is 35.1. The molecule has 16 rings (SSSR count). The van der Waals surface area contributed by atoms with Crippen molar-refractivity contribution in [3.05, 3.63) is 7.43 Å². The van der Waals surface area contributed by atoms with Gasteiger partial charge in [-0.05, 0) is 232 Å². The van der Waals surface area contributed by atoms with E-state index in [1.807, 2.05) is 0 Å². The molecule has 264 valence electrons. The van der Waals surface area contributed by atoms with Gasteiger partial charge in [-0.25, -0.2) is 0 Å². The van der Waals surface area contributed by atoms with Gasteiger partial charge in [-0.2, -0.15) is 0 Å². The third-order valence-corrected chi connectivity index (χ3v) is 29.5. The second-order valence-electron chi connectivity index (χ2n) is 22.0. The number of hydrogen-bond donors (Lipinski definition) is 0. The van der Waals surface area contributed by atoms with Crippen molar-refractivity contribution in [2.75, 3.05) is 6.66 Å². The van der Waals surface area contributed by atoms with Crippen LogP contribution in [-0.4, -0.2) is 27.3 Å². The summed E-state index contributed by atoms with van der Waals surface area (Å²) in [7, 11) is -2.09. The first-order chi connectivity index (χ1) is 21.9. The molecule has 0 unspecified atom stereocenters.